The molecule has 0 aromatic heterocycles. The van der Waals surface area contributed by atoms with E-state index in [0.29, 0.717) is 36.5 Å². The topological polar surface area (TPSA) is 82.2 Å². The van der Waals surface area contributed by atoms with Crippen molar-refractivity contribution in [2.75, 3.05) is 40.3 Å². The number of amides is 4. The largest absolute Gasteiger partial charge is 0.496 e. The molecule has 3 aliphatic heterocycles. The number of piperidine rings is 1. The maximum Gasteiger partial charge on any atom is 0.322 e. The summed E-state index contributed by atoms with van der Waals surface area (Å²) in [7, 11) is 3.23. The van der Waals surface area contributed by atoms with Gasteiger partial charge < -0.3 is 19.9 Å². The van der Waals surface area contributed by atoms with Gasteiger partial charge in [0, 0.05) is 38.7 Å². The Morgan fingerprint density at radius 2 is 1.90 bits per heavy atom. The molecule has 1 atom stereocenters. The van der Waals surface area contributed by atoms with Crippen molar-refractivity contribution < 1.29 is 19.1 Å². The molecule has 8 heteroatoms. The Hall–Kier alpha value is -3.03. The quantitative estimate of drug-likeness (QED) is 0.801. The molecule has 30 heavy (non-hydrogen) atoms. The van der Waals surface area contributed by atoms with Gasteiger partial charge in [-0.15, -0.1) is 0 Å². The SMILES string of the molecule is COc1ccccc1[C@H]1NC(=O)N(C)C2=C1C(=O)N(CCC(=O)N1CCCCC1)C2. The minimum atomic E-state index is -0.574. The fourth-order valence-corrected chi connectivity index (χ4v) is 4.47. The number of methoxy groups -OCH3 is 1. The highest BCUT2D eigenvalue weighted by atomic mass is 16.5. The molecule has 0 bridgehead atoms. The number of nitrogens with one attached hydrogen (secondary N) is 1. The molecule has 0 unspecified atom stereocenters. The van der Waals surface area contributed by atoms with Gasteiger partial charge in [0.25, 0.3) is 5.91 Å². The second-order valence-electron chi connectivity index (χ2n) is 7.96. The van der Waals surface area contributed by atoms with Gasteiger partial charge in [0.1, 0.15) is 5.75 Å². The Kier molecular flexibility index (Phi) is 5.65. The first-order valence-corrected chi connectivity index (χ1v) is 10.5. The Balaban J connectivity index is 1.53. The molecular weight excluding hydrogens is 384 g/mol. The monoisotopic (exact) mass is 412 g/mol. The van der Waals surface area contributed by atoms with Crippen molar-refractivity contribution in [3.05, 3.63) is 41.1 Å². The Morgan fingerprint density at radius 3 is 2.63 bits per heavy atom. The molecule has 3 heterocycles. The van der Waals surface area contributed by atoms with Crippen LogP contribution in [0, 0.1) is 0 Å². The lowest BCUT2D eigenvalue weighted by molar-refractivity contribution is -0.133. The van der Waals surface area contributed by atoms with Crippen molar-refractivity contribution in [2.45, 2.75) is 31.7 Å². The average molecular weight is 412 g/mol. The fraction of sp³-hybridized carbons (Fsp3) is 0.500. The van der Waals surface area contributed by atoms with E-state index in [2.05, 4.69) is 5.32 Å². The lowest BCUT2D eigenvalue weighted by atomic mass is 9.95. The molecule has 4 amide bonds. The molecule has 1 aromatic rings. The fourth-order valence-electron chi connectivity index (χ4n) is 4.47. The molecule has 0 saturated carbocycles. The number of hydrogen-bond donors (Lipinski definition) is 1. The van der Waals surface area contributed by atoms with Gasteiger partial charge in [-0.3, -0.25) is 14.5 Å². The summed E-state index contributed by atoms with van der Waals surface area (Å²) < 4.78 is 5.45. The summed E-state index contributed by atoms with van der Waals surface area (Å²) in [5, 5.41) is 2.92. The summed E-state index contributed by atoms with van der Waals surface area (Å²) in [4.78, 5) is 43.4. The smallest absolute Gasteiger partial charge is 0.322 e. The third-order valence-corrected chi connectivity index (χ3v) is 6.19. The Labute approximate surface area is 176 Å². The van der Waals surface area contributed by atoms with Gasteiger partial charge in [-0.1, -0.05) is 18.2 Å². The van der Waals surface area contributed by atoms with Crippen LogP contribution < -0.4 is 10.1 Å². The number of urea groups is 1. The number of nitrogens with zero attached hydrogens (tertiary/aromatic N) is 3. The maximum atomic E-state index is 13.3. The van der Waals surface area contributed by atoms with E-state index in [1.807, 2.05) is 29.2 Å². The van der Waals surface area contributed by atoms with Crippen molar-refractivity contribution in [2.24, 2.45) is 0 Å². The summed E-state index contributed by atoms with van der Waals surface area (Å²) in [6.07, 6.45) is 3.56. The number of likely N-dealkylation sites (N-methyl/N-ethyl adjacent to an activating group) is 1. The van der Waals surface area contributed by atoms with Gasteiger partial charge in [0.15, 0.2) is 0 Å². The molecule has 1 aromatic carbocycles. The summed E-state index contributed by atoms with van der Waals surface area (Å²) in [6, 6.07) is 6.55. The number of carbonyl (C=O) groups excluding carboxylic acids is 3. The standard InChI is InChI=1S/C22H28N4O4/c1-24-16-14-26(13-10-18(27)25-11-6-3-7-12-25)21(28)19(16)20(23-22(24)29)15-8-4-5-9-17(15)30-2/h4-5,8-9,20H,3,6-7,10-14H2,1-2H3,(H,23,29)/t20-/m1/s1. The molecule has 1 fully saturated rings. The summed E-state index contributed by atoms with van der Waals surface area (Å²) in [5.74, 6) is 0.570. The lowest BCUT2D eigenvalue weighted by Gasteiger charge is -2.31. The number of rotatable bonds is 5. The Morgan fingerprint density at radius 1 is 1.17 bits per heavy atom. The molecule has 1 saturated heterocycles. The number of carbonyl (C=O) groups is 3. The van der Waals surface area contributed by atoms with Crippen LogP contribution in [0.1, 0.15) is 37.3 Å². The van der Waals surface area contributed by atoms with Crippen LogP contribution in [0.2, 0.25) is 0 Å². The van der Waals surface area contributed by atoms with Gasteiger partial charge in [0.05, 0.1) is 31.0 Å². The van der Waals surface area contributed by atoms with Crippen molar-refractivity contribution in [3.8, 4) is 5.75 Å². The maximum absolute atomic E-state index is 13.3. The van der Waals surface area contributed by atoms with Gasteiger partial charge in [0.2, 0.25) is 5.91 Å². The number of likely N-dealkylation sites (tertiary alicyclic amines) is 1. The first-order valence-electron chi connectivity index (χ1n) is 10.5. The predicted octanol–water partition coefficient (Wildman–Crippen LogP) is 1.89. The van der Waals surface area contributed by atoms with Gasteiger partial charge in [-0.2, -0.15) is 0 Å². The minimum Gasteiger partial charge on any atom is -0.496 e. The van der Waals surface area contributed by atoms with Gasteiger partial charge in [-0.25, -0.2) is 4.79 Å². The highest BCUT2D eigenvalue weighted by molar-refractivity contribution is 6.01. The molecule has 1 N–H and O–H groups in total. The number of benzene rings is 1. The highest BCUT2D eigenvalue weighted by Crippen LogP contribution is 2.38. The van der Waals surface area contributed by atoms with E-state index in [9.17, 15) is 14.4 Å². The third-order valence-electron chi connectivity index (χ3n) is 6.19. The van der Waals surface area contributed by atoms with E-state index in [0.717, 1.165) is 31.5 Å². The van der Waals surface area contributed by atoms with Gasteiger partial charge in [-0.05, 0) is 25.3 Å². The summed E-state index contributed by atoms with van der Waals surface area (Å²) in [6.45, 7) is 2.29. The number of ether oxygens (including phenoxy) is 1. The molecule has 0 aliphatic carbocycles. The summed E-state index contributed by atoms with van der Waals surface area (Å²) >= 11 is 0. The molecule has 0 radical (unpaired) electrons. The van der Waals surface area contributed by atoms with Crippen molar-refractivity contribution in [1.82, 2.24) is 20.0 Å². The van der Waals surface area contributed by atoms with E-state index in [1.165, 1.54) is 11.3 Å². The second kappa shape index (κ2) is 8.38. The van der Waals surface area contributed by atoms with E-state index in [-0.39, 0.29) is 17.8 Å². The van der Waals surface area contributed by atoms with Crippen LogP contribution in [0.5, 0.6) is 5.75 Å². The third kappa shape index (κ3) is 3.62. The molecule has 0 spiro atoms. The second-order valence-corrected chi connectivity index (χ2v) is 7.96. The lowest BCUT2D eigenvalue weighted by Crippen LogP contribution is -2.45. The minimum absolute atomic E-state index is 0.0937. The first-order chi connectivity index (χ1) is 14.5. The van der Waals surface area contributed by atoms with Crippen LogP contribution in [-0.4, -0.2) is 72.9 Å². The number of para-hydroxylation sites is 1. The molecule has 160 valence electrons. The molecule has 3 aliphatic rings. The average Bonchev–Trinajstić information content (AvgIpc) is 3.11. The van der Waals surface area contributed by atoms with E-state index >= 15 is 0 Å². The van der Waals surface area contributed by atoms with Crippen LogP contribution in [-0.2, 0) is 9.59 Å². The normalized spacial score (nSPS) is 21.7. The predicted molar refractivity (Wildman–Crippen MR) is 111 cm³/mol. The summed E-state index contributed by atoms with van der Waals surface area (Å²) in [5.41, 5.74) is 1.98. The molecular formula is C22H28N4O4. The van der Waals surface area contributed by atoms with Gasteiger partial charge >= 0.3 is 6.03 Å². The van der Waals surface area contributed by atoms with E-state index < -0.39 is 6.04 Å². The van der Waals surface area contributed by atoms with Crippen LogP contribution in [0.25, 0.3) is 0 Å². The van der Waals surface area contributed by atoms with Crippen LogP contribution >= 0.6 is 0 Å². The number of hydrogen-bond acceptors (Lipinski definition) is 4. The Bertz CT molecular complexity index is 891. The van der Waals surface area contributed by atoms with Crippen LogP contribution in [0.3, 0.4) is 0 Å². The molecule has 8 nitrogen and oxygen atoms in total. The van der Waals surface area contributed by atoms with Crippen molar-refractivity contribution in [1.29, 1.82) is 0 Å². The zero-order valence-corrected chi connectivity index (χ0v) is 17.5. The zero-order chi connectivity index (χ0) is 21.3. The van der Waals surface area contributed by atoms with Crippen LogP contribution in [0.15, 0.2) is 35.5 Å². The van der Waals surface area contributed by atoms with E-state index in [1.54, 1.807) is 19.1 Å². The highest BCUT2D eigenvalue weighted by Gasteiger charge is 2.43. The van der Waals surface area contributed by atoms with Crippen LogP contribution in [0.4, 0.5) is 4.79 Å². The van der Waals surface area contributed by atoms with Crippen molar-refractivity contribution >= 4 is 17.8 Å². The zero-order valence-electron chi connectivity index (χ0n) is 17.5. The van der Waals surface area contributed by atoms with E-state index in [4.69, 9.17) is 4.74 Å². The molecule has 4 rings (SSSR count). The van der Waals surface area contributed by atoms with Crippen molar-refractivity contribution in [3.63, 3.8) is 0 Å². The first kappa shape index (κ1) is 20.3.